The predicted molar refractivity (Wildman–Crippen MR) is 79.2 cm³/mol. The number of nitrogens with one attached hydrogen (secondary N) is 1. The summed E-state index contributed by atoms with van der Waals surface area (Å²) in [6.45, 7) is 5.65. The normalized spacial score (nSPS) is 32.3. The minimum atomic E-state index is -2.77. The van der Waals surface area contributed by atoms with E-state index in [0.717, 1.165) is 38.4 Å². The van der Waals surface area contributed by atoms with Crippen LogP contribution in [0.25, 0.3) is 0 Å². The highest BCUT2D eigenvalue weighted by Crippen LogP contribution is 2.16. The fourth-order valence-electron chi connectivity index (χ4n) is 3.26. The third kappa shape index (κ3) is 5.04. The first-order chi connectivity index (χ1) is 9.07. The number of hydrogen-bond acceptors (Lipinski definition) is 4. The van der Waals surface area contributed by atoms with Crippen molar-refractivity contribution < 1.29 is 8.42 Å². The Morgan fingerprint density at radius 3 is 2.79 bits per heavy atom. The molecule has 2 heterocycles. The van der Waals surface area contributed by atoms with Gasteiger partial charge >= 0.3 is 0 Å². The standard InChI is InChI=1S/C14H28N2O2S/c1-13-6-2-3-9-16(13)10-5-8-15-14-7-4-11-19(17,18)12-14/h13-15H,2-12H2,1H3. The lowest BCUT2D eigenvalue weighted by Gasteiger charge is -2.33. The minimum absolute atomic E-state index is 0.192. The fraction of sp³-hybridized carbons (Fsp3) is 1.00. The van der Waals surface area contributed by atoms with Crippen LogP contribution < -0.4 is 5.32 Å². The van der Waals surface area contributed by atoms with E-state index in [4.69, 9.17) is 0 Å². The maximum Gasteiger partial charge on any atom is 0.151 e. The van der Waals surface area contributed by atoms with E-state index in [9.17, 15) is 8.42 Å². The van der Waals surface area contributed by atoms with Crippen LogP contribution in [0.3, 0.4) is 0 Å². The summed E-state index contributed by atoms with van der Waals surface area (Å²) in [5.74, 6) is 0.726. The molecule has 2 fully saturated rings. The van der Waals surface area contributed by atoms with Crippen LogP contribution in [0.15, 0.2) is 0 Å². The van der Waals surface area contributed by atoms with Crippen molar-refractivity contribution >= 4 is 9.84 Å². The summed E-state index contributed by atoms with van der Waals surface area (Å²) in [5.41, 5.74) is 0. The molecule has 112 valence electrons. The zero-order valence-corrected chi connectivity index (χ0v) is 12.9. The lowest BCUT2D eigenvalue weighted by molar-refractivity contribution is 0.158. The molecule has 0 aliphatic carbocycles. The number of sulfone groups is 1. The summed E-state index contributed by atoms with van der Waals surface area (Å²) < 4.78 is 23.1. The molecule has 1 N–H and O–H groups in total. The molecule has 2 saturated heterocycles. The molecule has 0 aromatic heterocycles. The highest BCUT2D eigenvalue weighted by molar-refractivity contribution is 7.91. The number of piperidine rings is 1. The zero-order chi connectivity index (χ0) is 13.7. The first kappa shape index (κ1) is 15.3. The van der Waals surface area contributed by atoms with Crippen molar-refractivity contribution in [1.29, 1.82) is 0 Å². The molecular weight excluding hydrogens is 260 g/mol. The van der Waals surface area contributed by atoms with Crippen molar-refractivity contribution in [2.45, 2.75) is 57.5 Å². The van der Waals surface area contributed by atoms with E-state index < -0.39 is 9.84 Å². The maximum atomic E-state index is 11.5. The Hall–Kier alpha value is -0.130. The van der Waals surface area contributed by atoms with E-state index in [0.29, 0.717) is 11.5 Å². The van der Waals surface area contributed by atoms with Crippen LogP contribution >= 0.6 is 0 Å². The average molecular weight is 288 g/mol. The van der Waals surface area contributed by atoms with Crippen molar-refractivity contribution in [3.63, 3.8) is 0 Å². The predicted octanol–water partition coefficient (Wildman–Crippen LogP) is 1.42. The third-order valence-electron chi connectivity index (χ3n) is 4.46. The summed E-state index contributed by atoms with van der Waals surface area (Å²) in [7, 11) is -2.77. The number of hydrogen-bond donors (Lipinski definition) is 1. The number of rotatable bonds is 5. The highest BCUT2D eigenvalue weighted by atomic mass is 32.2. The number of likely N-dealkylation sites (tertiary alicyclic amines) is 1. The van der Waals surface area contributed by atoms with Crippen LogP contribution in [-0.4, -0.2) is 56.5 Å². The first-order valence-electron chi connectivity index (χ1n) is 7.75. The second kappa shape index (κ2) is 7.04. The van der Waals surface area contributed by atoms with E-state index in [1.54, 1.807) is 0 Å². The van der Waals surface area contributed by atoms with Crippen molar-refractivity contribution in [3.8, 4) is 0 Å². The van der Waals surface area contributed by atoms with E-state index in [2.05, 4.69) is 17.1 Å². The second-order valence-electron chi connectivity index (χ2n) is 6.14. The van der Waals surface area contributed by atoms with Gasteiger partial charge in [-0.3, -0.25) is 0 Å². The van der Waals surface area contributed by atoms with Gasteiger partial charge in [0, 0.05) is 12.1 Å². The average Bonchev–Trinajstić information content (AvgIpc) is 2.35. The van der Waals surface area contributed by atoms with Gasteiger partial charge in [-0.2, -0.15) is 0 Å². The molecule has 0 saturated carbocycles. The molecule has 2 aliphatic rings. The van der Waals surface area contributed by atoms with Gasteiger partial charge in [0.1, 0.15) is 0 Å². The summed E-state index contributed by atoms with van der Waals surface area (Å²) in [5, 5.41) is 3.43. The summed E-state index contributed by atoms with van der Waals surface area (Å²) >= 11 is 0. The Bertz CT molecular complexity index is 370. The molecule has 4 nitrogen and oxygen atoms in total. The van der Waals surface area contributed by atoms with E-state index in [1.165, 1.54) is 25.8 Å². The van der Waals surface area contributed by atoms with Crippen molar-refractivity contribution in [2.75, 3.05) is 31.1 Å². The van der Waals surface area contributed by atoms with Gasteiger partial charge < -0.3 is 10.2 Å². The van der Waals surface area contributed by atoms with Gasteiger partial charge in [0.25, 0.3) is 0 Å². The quantitative estimate of drug-likeness (QED) is 0.777. The Kier molecular flexibility index (Phi) is 5.66. The molecule has 0 bridgehead atoms. The molecule has 0 spiro atoms. The van der Waals surface area contributed by atoms with Gasteiger partial charge in [-0.15, -0.1) is 0 Å². The smallest absolute Gasteiger partial charge is 0.151 e. The van der Waals surface area contributed by atoms with Gasteiger partial charge in [-0.05, 0) is 58.7 Å². The van der Waals surface area contributed by atoms with Crippen LogP contribution in [0.5, 0.6) is 0 Å². The molecule has 0 amide bonds. The third-order valence-corrected chi connectivity index (χ3v) is 6.28. The Morgan fingerprint density at radius 1 is 1.21 bits per heavy atom. The molecule has 5 heteroatoms. The molecule has 2 unspecified atom stereocenters. The first-order valence-corrected chi connectivity index (χ1v) is 9.57. The van der Waals surface area contributed by atoms with Gasteiger partial charge in [0.15, 0.2) is 9.84 Å². The van der Waals surface area contributed by atoms with Crippen LogP contribution in [0.1, 0.15) is 45.4 Å². The van der Waals surface area contributed by atoms with Crippen LogP contribution in [0.2, 0.25) is 0 Å². The zero-order valence-electron chi connectivity index (χ0n) is 12.1. The lowest BCUT2D eigenvalue weighted by atomic mass is 10.0. The Labute approximate surface area is 117 Å². The van der Waals surface area contributed by atoms with Gasteiger partial charge in [0.05, 0.1) is 11.5 Å². The molecule has 2 aliphatic heterocycles. The number of nitrogens with zero attached hydrogens (tertiary/aromatic N) is 1. The Balaban J connectivity index is 1.61. The van der Waals surface area contributed by atoms with E-state index in [1.807, 2.05) is 0 Å². The molecule has 0 aromatic carbocycles. The van der Waals surface area contributed by atoms with E-state index >= 15 is 0 Å². The fourth-order valence-corrected chi connectivity index (χ4v) is 4.93. The lowest BCUT2D eigenvalue weighted by Crippen LogP contribution is -2.42. The molecule has 0 aromatic rings. The second-order valence-corrected chi connectivity index (χ2v) is 8.37. The summed E-state index contributed by atoms with van der Waals surface area (Å²) in [6, 6.07) is 0.918. The van der Waals surface area contributed by atoms with E-state index in [-0.39, 0.29) is 6.04 Å². The van der Waals surface area contributed by atoms with Crippen LogP contribution in [-0.2, 0) is 9.84 Å². The topological polar surface area (TPSA) is 49.4 Å². The van der Waals surface area contributed by atoms with Gasteiger partial charge in [-0.1, -0.05) is 6.42 Å². The molecular formula is C14H28N2O2S. The SMILES string of the molecule is CC1CCCCN1CCCNC1CCCS(=O)(=O)C1. The Morgan fingerprint density at radius 2 is 2.05 bits per heavy atom. The maximum absolute atomic E-state index is 11.5. The molecule has 19 heavy (non-hydrogen) atoms. The largest absolute Gasteiger partial charge is 0.313 e. The van der Waals surface area contributed by atoms with Crippen LogP contribution in [0, 0.1) is 0 Å². The summed E-state index contributed by atoms with van der Waals surface area (Å²) in [6.07, 6.45) is 6.99. The van der Waals surface area contributed by atoms with Crippen molar-refractivity contribution in [3.05, 3.63) is 0 Å². The molecule has 2 atom stereocenters. The molecule has 0 radical (unpaired) electrons. The van der Waals surface area contributed by atoms with Gasteiger partial charge in [-0.25, -0.2) is 8.42 Å². The monoisotopic (exact) mass is 288 g/mol. The minimum Gasteiger partial charge on any atom is -0.313 e. The highest BCUT2D eigenvalue weighted by Gasteiger charge is 2.24. The van der Waals surface area contributed by atoms with Crippen molar-refractivity contribution in [2.24, 2.45) is 0 Å². The van der Waals surface area contributed by atoms with Gasteiger partial charge in [0.2, 0.25) is 0 Å². The molecule has 2 rings (SSSR count). The van der Waals surface area contributed by atoms with Crippen LogP contribution in [0.4, 0.5) is 0 Å². The van der Waals surface area contributed by atoms with Crippen molar-refractivity contribution in [1.82, 2.24) is 10.2 Å². The summed E-state index contributed by atoms with van der Waals surface area (Å²) in [4.78, 5) is 2.57.